The van der Waals surface area contributed by atoms with Crippen molar-refractivity contribution in [2.75, 3.05) is 17.1 Å². The SMILES string of the molecule is CC.CC.CCOc1cncc(-c2ccc(C(=O)NCc3cc(NSCC(F)(F)F)ccn3)cc2)n1. The highest BCUT2D eigenvalue weighted by molar-refractivity contribution is 8.00. The molecule has 1 amide bonds. The predicted octanol–water partition coefficient (Wildman–Crippen LogP) is 6.54. The number of hydrogen-bond donors (Lipinski definition) is 2. The van der Waals surface area contributed by atoms with Crippen LogP contribution in [-0.2, 0) is 6.54 Å². The van der Waals surface area contributed by atoms with E-state index in [4.69, 9.17) is 4.74 Å². The number of nitrogens with zero attached hydrogens (tertiary/aromatic N) is 3. The van der Waals surface area contributed by atoms with Gasteiger partial charge < -0.3 is 14.8 Å². The van der Waals surface area contributed by atoms with Crippen LogP contribution in [0.2, 0.25) is 0 Å². The summed E-state index contributed by atoms with van der Waals surface area (Å²) in [5.41, 5.74) is 2.83. The summed E-state index contributed by atoms with van der Waals surface area (Å²) in [5, 5.41) is 2.74. The molecule has 0 spiro atoms. The number of carbonyl (C=O) groups excluding carboxylic acids is 1. The van der Waals surface area contributed by atoms with E-state index in [1.165, 1.54) is 12.4 Å². The molecule has 0 aliphatic rings. The van der Waals surface area contributed by atoms with Gasteiger partial charge in [0.05, 0.1) is 36.9 Å². The Kier molecular flexibility index (Phi) is 13.9. The summed E-state index contributed by atoms with van der Waals surface area (Å²) in [7, 11) is 0. The fraction of sp³-hybridized carbons (Fsp3) is 0.360. The van der Waals surface area contributed by atoms with E-state index >= 15 is 0 Å². The van der Waals surface area contributed by atoms with Gasteiger partial charge in [0.1, 0.15) is 5.75 Å². The van der Waals surface area contributed by atoms with E-state index in [1.807, 2.05) is 34.6 Å². The Morgan fingerprint density at radius 2 is 1.75 bits per heavy atom. The molecule has 0 unspecified atom stereocenters. The third kappa shape index (κ3) is 10.9. The van der Waals surface area contributed by atoms with Gasteiger partial charge in [0.25, 0.3) is 5.91 Å². The van der Waals surface area contributed by atoms with E-state index in [1.54, 1.807) is 42.6 Å². The molecular weight excluding hydrogens is 491 g/mol. The lowest BCUT2D eigenvalue weighted by Gasteiger charge is -2.10. The maximum atomic E-state index is 12.4. The normalized spacial score (nSPS) is 10.2. The highest BCUT2D eigenvalue weighted by Crippen LogP contribution is 2.23. The Labute approximate surface area is 214 Å². The van der Waals surface area contributed by atoms with Crippen molar-refractivity contribution in [1.82, 2.24) is 20.3 Å². The zero-order chi connectivity index (χ0) is 27.0. The number of anilines is 1. The fourth-order valence-corrected chi connectivity index (χ4v) is 3.14. The molecule has 0 atom stereocenters. The first-order chi connectivity index (χ1) is 17.3. The van der Waals surface area contributed by atoms with Crippen LogP contribution in [-0.4, -0.2) is 39.4 Å². The molecule has 0 bridgehead atoms. The van der Waals surface area contributed by atoms with Gasteiger partial charge in [-0.25, -0.2) is 4.98 Å². The second kappa shape index (κ2) is 16.4. The van der Waals surface area contributed by atoms with Gasteiger partial charge in [0, 0.05) is 23.0 Å². The molecule has 0 aliphatic heterocycles. The molecule has 2 aromatic heterocycles. The Bertz CT molecular complexity index is 1050. The number of aromatic nitrogens is 3. The van der Waals surface area contributed by atoms with Crippen molar-refractivity contribution in [3.8, 4) is 17.1 Å². The average Bonchev–Trinajstić information content (AvgIpc) is 2.90. The van der Waals surface area contributed by atoms with Crippen molar-refractivity contribution in [3.63, 3.8) is 0 Å². The molecule has 0 aliphatic carbocycles. The number of rotatable bonds is 9. The summed E-state index contributed by atoms with van der Waals surface area (Å²) in [5.74, 6) is -0.899. The van der Waals surface area contributed by atoms with Gasteiger partial charge in [-0.15, -0.1) is 0 Å². The topological polar surface area (TPSA) is 89.0 Å². The molecule has 1 aromatic carbocycles. The van der Waals surface area contributed by atoms with E-state index in [0.29, 0.717) is 47.1 Å². The van der Waals surface area contributed by atoms with E-state index in [-0.39, 0.29) is 12.5 Å². The molecule has 11 heteroatoms. The average molecular weight is 524 g/mol. The van der Waals surface area contributed by atoms with Gasteiger partial charge in [-0.05, 0) is 43.1 Å². The second-order valence-electron chi connectivity index (χ2n) is 6.48. The first-order valence-corrected chi connectivity index (χ1v) is 12.6. The van der Waals surface area contributed by atoms with Crippen LogP contribution in [0.1, 0.15) is 50.7 Å². The summed E-state index contributed by atoms with van der Waals surface area (Å²) in [6.07, 6.45) is 0.347. The zero-order valence-corrected chi connectivity index (χ0v) is 21.8. The number of pyridine rings is 1. The van der Waals surface area contributed by atoms with E-state index < -0.39 is 11.9 Å². The molecule has 2 heterocycles. The third-order valence-electron chi connectivity index (χ3n) is 4.02. The van der Waals surface area contributed by atoms with Crippen molar-refractivity contribution in [2.45, 2.75) is 47.3 Å². The molecule has 0 fully saturated rings. The molecule has 3 rings (SSSR count). The second-order valence-corrected chi connectivity index (χ2v) is 7.26. The number of benzene rings is 1. The van der Waals surface area contributed by atoms with Crippen molar-refractivity contribution < 1.29 is 22.7 Å². The summed E-state index contributed by atoms with van der Waals surface area (Å²) in [6.45, 7) is 10.5. The van der Waals surface area contributed by atoms with E-state index in [0.717, 1.165) is 5.56 Å². The first kappa shape index (κ1) is 30.7. The highest BCUT2D eigenvalue weighted by atomic mass is 32.2. The Morgan fingerprint density at radius 1 is 1.06 bits per heavy atom. The van der Waals surface area contributed by atoms with Gasteiger partial charge in [0.15, 0.2) is 0 Å². The molecular formula is C25H32F3N5O2S. The highest BCUT2D eigenvalue weighted by Gasteiger charge is 2.27. The Balaban J connectivity index is 0.00000154. The van der Waals surface area contributed by atoms with Crippen LogP contribution < -0.4 is 14.8 Å². The molecule has 3 aromatic rings. The zero-order valence-electron chi connectivity index (χ0n) is 21.0. The number of hydrogen-bond acceptors (Lipinski definition) is 7. The molecule has 196 valence electrons. The van der Waals surface area contributed by atoms with Crippen molar-refractivity contribution in [2.24, 2.45) is 0 Å². The maximum Gasteiger partial charge on any atom is 0.399 e. The minimum atomic E-state index is -4.25. The summed E-state index contributed by atoms with van der Waals surface area (Å²) in [6, 6.07) is 9.98. The van der Waals surface area contributed by atoms with Gasteiger partial charge in [0.2, 0.25) is 5.88 Å². The molecule has 2 N–H and O–H groups in total. The molecule has 0 saturated carbocycles. The Morgan fingerprint density at radius 3 is 2.39 bits per heavy atom. The minimum Gasteiger partial charge on any atom is -0.477 e. The first-order valence-electron chi connectivity index (χ1n) is 11.6. The summed E-state index contributed by atoms with van der Waals surface area (Å²) >= 11 is 0.539. The van der Waals surface area contributed by atoms with Crippen LogP contribution in [0, 0.1) is 0 Å². The van der Waals surface area contributed by atoms with Gasteiger partial charge in [-0.2, -0.15) is 13.2 Å². The number of carbonyl (C=O) groups is 1. The number of amides is 1. The van der Waals surface area contributed by atoms with Crippen LogP contribution in [0.5, 0.6) is 5.88 Å². The molecule has 0 saturated heterocycles. The minimum absolute atomic E-state index is 0.127. The fourth-order valence-electron chi connectivity index (χ4n) is 2.61. The summed E-state index contributed by atoms with van der Waals surface area (Å²) in [4.78, 5) is 25.0. The number of nitrogens with one attached hydrogen (secondary N) is 2. The summed E-state index contributed by atoms with van der Waals surface area (Å²) < 4.78 is 44.7. The number of ether oxygens (including phenoxy) is 1. The van der Waals surface area contributed by atoms with E-state index in [2.05, 4.69) is 25.0 Å². The van der Waals surface area contributed by atoms with Gasteiger partial charge >= 0.3 is 6.18 Å². The van der Waals surface area contributed by atoms with Crippen LogP contribution in [0.15, 0.2) is 55.0 Å². The predicted molar refractivity (Wildman–Crippen MR) is 139 cm³/mol. The van der Waals surface area contributed by atoms with Crippen LogP contribution >= 0.6 is 11.9 Å². The van der Waals surface area contributed by atoms with Crippen molar-refractivity contribution >= 4 is 23.5 Å². The van der Waals surface area contributed by atoms with Crippen molar-refractivity contribution in [3.05, 3.63) is 66.2 Å². The standard InChI is InChI=1S/C21H20F3N5O2S.2C2H6/c1-2-31-19-12-25-11-18(28-19)14-3-5-15(6-4-14)20(30)27-10-17-9-16(7-8-26-17)29-32-13-21(22,23)24;2*1-2/h3-9,11-12H,2,10,13H2,1H3,(H,26,29)(H,27,30);2*1-2H3. The van der Waals surface area contributed by atoms with Crippen LogP contribution in [0.3, 0.4) is 0 Å². The lowest BCUT2D eigenvalue weighted by atomic mass is 10.1. The molecule has 36 heavy (non-hydrogen) atoms. The molecule has 0 radical (unpaired) electrons. The van der Waals surface area contributed by atoms with Gasteiger partial charge in [-0.1, -0.05) is 39.8 Å². The van der Waals surface area contributed by atoms with E-state index in [9.17, 15) is 18.0 Å². The quantitative estimate of drug-likeness (QED) is 0.308. The lowest BCUT2D eigenvalue weighted by Crippen LogP contribution is -2.23. The largest absolute Gasteiger partial charge is 0.477 e. The molecule has 7 nitrogen and oxygen atoms in total. The smallest absolute Gasteiger partial charge is 0.399 e. The van der Waals surface area contributed by atoms with Gasteiger partial charge in [-0.3, -0.25) is 14.8 Å². The third-order valence-corrected chi connectivity index (χ3v) is 4.87. The number of halogens is 3. The van der Waals surface area contributed by atoms with Crippen LogP contribution in [0.25, 0.3) is 11.3 Å². The van der Waals surface area contributed by atoms with Crippen LogP contribution in [0.4, 0.5) is 18.9 Å². The lowest BCUT2D eigenvalue weighted by molar-refractivity contribution is -0.105. The Hall–Kier alpha value is -3.34. The number of alkyl halides is 3. The van der Waals surface area contributed by atoms with Crippen molar-refractivity contribution in [1.29, 1.82) is 0 Å². The monoisotopic (exact) mass is 523 g/mol. The maximum absolute atomic E-state index is 12.4.